The maximum absolute atomic E-state index is 11.7. The van der Waals surface area contributed by atoms with Crippen molar-refractivity contribution in [2.75, 3.05) is 11.9 Å². The molecule has 2 aromatic carbocycles. The summed E-state index contributed by atoms with van der Waals surface area (Å²) in [7, 11) is 0. The van der Waals surface area contributed by atoms with E-state index in [1.807, 2.05) is 47.2 Å². The summed E-state index contributed by atoms with van der Waals surface area (Å²) < 4.78 is 7.29. The molecule has 0 spiro atoms. The molecule has 0 saturated heterocycles. The van der Waals surface area contributed by atoms with Crippen LogP contribution in [-0.4, -0.2) is 28.0 Å². The van der Waals surface area contributed by atoms with Crippen molar-refractivity contribution >= 4 is 41.0 Å². The molecule has 2 aliphatic rings. The number of nitrogens with one attached hydrogen (secondary N) is 1. The van der Waals surface area contributed by atoms with E-state index in [2.05, 4.69) is 22.4 Å². The third kappa shape index (κ3) is 3.17. The van der Waals surface area contributed by atoms with Crippen molar-refractivity contribution in [1.29, 1.82) is 0 Å². The quantitative estimate of drug-likeness (QED) is 0.699. The van der Waals surface area contributed by atoms with E-state index in [0.29, 0.717) is 16.6 Å². The van der Waals surface area contributed by atoms with Crippen molar-refractivity contribution in [3.05, 3.63) is 71.5 Å². The molecule has 3 aromatic rings. The molecule has 0 saturated carbocycles. The molecular formula is C21H16N4O3S. The normalized spacial score (nSPS) is 17.4. The number of fused-ring (bicyclic) bond motifs is 2. The highest BCUT2D eigenvalue weighted by Crippen LogP contribution is 2.48. The standard InChI is InChI=1S/C21H16N4O3S/c22-20(27)16-10-25-9-14(13-6-7-17-15(8-13)23-18(26)11-28-17)19(29-21(25)24-16)12-4-2-1-3-5-12/h1-10,19H,11H2,(H2,22,27)(H,23,26). The minimum atomic E-state index is -0.563. The Morgan fingerprint density at radius 1 is 1.24 bits per heavy atom. The van der Waals surface area contributed by atoms with Crippen molar-refractivity contribution < 1.29 is 14.3 Å². The number of anilines is 1. The minimum Gasteiger partial charge on any atom is -0.482 e. The largest absolute Gasteiger partial charge is 0.482 e. The fourth-order valence-corrected chi connectivity index (χ4v) is 4.63. The van der Waals surface area contributed by atoms with Gasteiger partial charge in [0.2, 0.25) is 0 Å². The third-order valence-electron chi connectivity index (χ3n) is 4.78. The molecule has 7 nitrogen and oxygen atoms in total. The number of rotatable bonds is 3. The minimum absolute atomic E-state index is 0.0197. The number of hydrogen-bond acceptors (Lipinski definition) is 5. The van der Waals surface area contributed by atoms with Gasteiger partial charge in [-0.05, 0) is 28.8 Å². The van der Waals surface area contributed by atoms with E-state index in [1.165, 1.54) is 0 Å². The van der Waals surface area contributed by atoms with Crippen molar-refractivity contribution in [1.82, 2.24) is 9.55 Å². The van der Waals surface area contributed by atoms with Gasteiger partial charge in [0, 0.05) is 12.4 Å². The van der Waals surface area contributed by atoms with Crippen LogP contribution in [0.25, 0.3) is 11.8 Å². The van der Waals surface area contributed by atoms with Gasteiger partial charge in [0.15, 0.2) is 11.8 Å². The summed E-state index contributed by atoms with van der Waals surface area (Å²) in [5.74, 6) is -0.0929. The Labute approximate surface area is 170 Å². The van der Waals surface area contributed by atoms with E-state index in [9.17, 15) is 9.59 Å². The third-order valence-corrected chi connectivity index (χ3v) is 6.06. The number of ether oxygens (including phenoxy) is 1. The molecule has 8 heteroatoms. The van der Waals surface area contributed by atoms with Crippen LogP contribution in [-0.2, 0) is 4.79 Å². The van der Waals surface area contributed by atoms with E-state index in [4.69, 9.17) is 10.5 Å². The van der Waals surface area contributed by atoms with Gasteiger partial charge < -0.3 is 20.4 Å². The molecule has 0 aliphatic carbocycles. The number of carbonyl (C=O) groups is 2. The zero-order valence-corrected chi connectivity index (χ0v) is 16.0. The topological polar surface area (TPSA) is 99.2 Å². The van der Waals surface area contributed by atoms with Gasteiger partial charge >= 0.3 is 0 Å². The Balaban J connectivity index is 1.64. The van der Waals surface area contributed by atoms with Gasteiger partial charge in [0.25, 0.3) is 11.8 Å². The molecule has 5 rings (SSSR count). The van der Waals surface area contributed by atoms with Crippen molar-refractivity contribution in [2.45, 2.75) is 10.4 Å². The van der Waals surface area contributed by atoms with Gasteiger partial charge in [-0.15, -0.1) is 0 Å². The summed E-state index contributed by atoms with van der Waals surface area (Å²) in [4.78, 5) is 27.7. The van der Waals surface area contributed by atoms with Crippen LogP contribution in [0.3, 0.4) is 0 Å². The van der Waals surface area contributed by atoms with Gasteiger partial charge in [0.1, 0.15) is 11.4 Å². The second kappa shape index (κ2) is 6.82. The number of thioether (sulfide) groups is 1. The van der Waals surface area contributed by atoms with Crippen LogP contribution < -0.4 is 15.8 Å². The number of nitrogens with zero attached hydrogens (tertiary/aromatic N) is 2. The molecule has 0 fully saturated rings. The molecule has 1 unspecified atom stereocenters. The van der Waals surface area contributed by atoms with Crippen molar-refractivity contribution in [2.24, 2.45) is 5.73 Å². The molecule has 2 aliphatic heterocycles. The SMILES string of the molecule is NC(=O)c1cn2c(n1)SC(c1ccccc1)C(c1ccc3c(c1)NC(=O)CO3)=C2. The molecule has 0 bridgehead atoms. The summed E-state index contributed by atoms with van der Waals surface area (Å²) in [6.07, 6.45) is 3.59. The van der Waals surface area contributed by atoms with E-state index >= 15 is 0 Å². The van der Waals surface area contributed by atoms with E-state index in [1.54, 1.807) is 18.0 Å². The second-order valence-corrected chi connectivity index (χ2v) is 7.79. The molecule has 0 radical (unpaired) electrons. The van der Waals surface area contributed by atoms with Crippen LogP contribution in [0.5, 0.6) is 5.75 Å². The molecule has 144 valence electrons. The highest BCUT2D eigenvalue weighted by molar-refractivity contribution is 7.99. The molecule has 3 N–H and O–H groups in total. The summed E-state index contributed by atoms with van der Waals surface area (Å²) in [6.45, 7) is 0.0197. The van der Waals surface area contributed by atoms with Crippen LogP contribution in [0, 0.1) is 0 Å². The van der Waals surface area contributed by atoms with E-state index in [-0.39, 0.29) is 23.5 Å². The lowest BCUT2D eigenvalue weighted by Crippen LogP contribution is -2.25. The summed E-state index contributed by atoms with van der Waals surface area (Å²) in [6, 6.07) is 15.8. The lowest BCUT2D eigenvalue weighted by molar-refractivity contribution is -0.118. The molecule has 1 atom stereocenters. The molecule has 2 amide bonds. The predicted octanol–water partition coefficient (Wildman–Crippen LogP) is 3.16. The van der Waals surface area contributed by atoms with E-state index < -0.39 is 5.91 Å². The molecule has 29 heavy (non-hydrogen) atoms. The zero-order valence-electron chi connectivity index (χ0n) is 15.2. The van der Waals surface area contributed by atoms with Crippen LogP contribution in [0.4, 0.5) is 5.69 Å². The van der Waals surface area contributed by atoms with Crippen molar-refractivity contribution in [3.8, 4) is 5.75 Å². The summed E-state index contributed by atoms with van der Waals surface area (Å²) >= 11 is 1.55. The number of nitrogens with two attached hydrogens (primary N) is 1. The monoisotopic (exact) mass is 404 g/mol. The number of imidazole rings is 1. The first-order valence-corrected chi connectivity index (χ1v) is 9.85. The van der Waals surface area contributed by atoms with E-state index in [0.717, 1.165) is 16.7 Å². The summed E-state index contributed by atoms with van der Waals surface area (Å²) in [5.41, 5.74) is 9.34. The number of primary amides is 1. The first-order chi connectivity index (χ1) is 14.1. The number of carbonyl (C=O) groups excluding carboxylic acids is 2. The van der Waals surface area contributed by atoms with Gasteiger partial charge in [-0.2, -0.15) is 0 Å². The highest BCUT2D eigenvalue weighted by atomic mass is 32.2. The summed E-state index contributed by atoms with van der Waals surface area (Å²) in [5, 5.41) is 3.52. The first kappa shape index (κ1) is 17.6. The van der Waals surface area contributed by atoms with Crippen LogP contribution in [0.15, 0.2) is 59.9 Å². The fourth-order valence-electron chi connectivity index (χ4n) is 3.43. The van der Waals surface area contributed by atoms with Crippen LogP contribution in [0.1, 0.15) is 26.9 Å². The number of aromatic nitrogens is 2. The number of amides is 2. The highest BCUT2D eigenvalue weighted by Gasteiger charge is 2.28. The van der Waals surface area contributed by atoms with Gasteiger partial charge in [-0.3, -0.25) is 9.59 Å². The second-order valence-electron chi connectivity index (χ2n) is 6.72. The molecule has 1 aromatic heterocycles. The Morgan fingerprint density at radius 2 is 2.07 bits per heavy atom. The number of hydrogen-bond donors (Lipinski definition) is 2. The lowest BCUT2D eigenvalue weighted by atomic mass is 9.97. The average Bonchev–Trinajstić information content (AvgIpc) is 3.16. The Kier molecular flexibility index (Phi) is 4.13. The number of benzene rings is 2. The lowest BCUT2D eigenvalue weighted by Gasteiger charge is -2.26. The molecular weight excluding hydrogens is 388 g/mol. The zero-order chi connectivity index (χ0) is 20.0. The Bertz CT molecular complexity index is 1170. The smallest absolute Gasteiger partial charge is 0.268 e. The van der Waals surface area contributed by atoms with Crippen LogP contribution in [0.2, 0.25) is 0 Å². The molecule has 3 heterocycles. The first-order valence-electron chi connectivity index (χ1n) is 8.97. The predicted molar refractivity (Wildman–Crippen MR) is 111 cm³/mol. The van der Waals surface area contributed by atoms with Gasteiger partial charge in [-0.25, -0.2) is 4.98 Å². The fraction of sp³-hybridized carbons (Fsp3) is 0.0952. The van der Waals surface area contributed by atoms with Crippen LogP contribution >= 0.6 is 11.8 Å². The average molecular weight is 404 g/mol. The van der Waals surface area contributed by atoms with Crippen molar-refractivity contribution in [3.63, 3.8) is 0 Å². The Morgan fingerprint density at radius 3 is 2.86 bits per heavy atom. The maximum Gasteiger partial charge on any atom is 0.268 e. The van der Waals surface area contributed by atoms with Gasteiger partial charge in [0.05, 0.1) is 10.9 Å². The Hall–Kier alpha value is -3.52. The van der Waals surface area contributed by atoms with Gasteiger partial charge in [-0.1, -0.05) is 48.2 Å². The maximum atomic E-state index is 11.7.